The number of hydrogen-bond acceptors (Lipinski definition) is 3. The zero-order chi connectivity index (χ0) is 11.6. The number of carbonyl (C=O) groups excluding carboxylic acids is 1. The van der Waals surface area contributed by atoms with Gasteiger partial charge in [0.15, 0.2) is 0 Å². The molecule has 3 nitrogen and oxygen atoms in total. The van der Waals surface area contributed by atoms with E-state index in [1.807, 2.05) is 0 Å². The van der Waals surface area contributed by atoms with Crippen LogP contribution in [0.4, 0.5) is 17.6 Å². The van der Waals surface area contributed by atoms with Gasteiger partial charge in [0.1, 0.15) is 0 Å². The third-order valence-corrected chi connectivity index (χ3v) is 1.22. The van der Waals surface area contributed by atoms with Crippen LogP contribution in [-0.2, 0) is 14.3 Å². The van der Waals surface area contributed by atoms with E-state index in [1.165, 1.54) is 13.8 Å². The number of esters is 1. The molecule has 0 saturated heterocycles. The van der Waals surface area contributed by atoms with Crippen LogP contribution < -0.4 is 0 Å². The summed E-state index contributed by atoms with van der Waals surface area (Å²) in [6.07, 6.45) is -5.76. The first-order chi connectivity index (χ1) is 6.15. The average molecular weight is 218 g/mol. The molecule has 0 N–H and O–H groups in total. The van der Waals surface area contributed by atoms with Gasteiger partial charge >= 0.3 is 18.0 Å². The number of carbonyl (C=O) groups is 1. The van der Waals surface area contributed by atoms with Crippen molar-refractivity contribution in [1.29, 1.82) is 0 Å². The molecule has 0 saturated carbocycles. The van der Waals surface area contributed by atoms with Crippen LogP contribution in [0, 0.1) is 0 Å². The second-order valence-corrected chi connectivity index (χ2v) is 2.75. The van der Waals surface area contributed by atoms with Crippen molar-refractivity contribution < 1.29 is 31.8 Å². The van der Waals surface area contributed by atoms with Gasteiger partial charge in [0.2, 0.25) is 0 Å². The van der Waals surface area contributed by atoms with Gasteiger partial charge < -0.3 is 9.47 Å². The monoisotopic (exact) mass is 218 g/mol. The van der Waals surface area contributed by atoms with E-state index in [4.69, 9.17) is 0 Å². The smallest absolute Gasteiger partial charge is 0.431 e. The summed E-state index contributed by atoms with van der Waals surface area (Å²) in [4.78, 5) is 10.5. The van der Waals surface area contributed by atoms with Crippen molar-refractivity contribution >= 4 is 5.97 Å². The molecule has 0 aromatic carbocycles. The zero-order valence-electron chi connectivity index (χ0n) is 7.81. The zero-order valence-corrected chi connectivity index (χ0v) is 7.81. The fraction of sp³-hybridized carbons (Fsp3) is 0.857. The topological polar surface area (TPSA) is 35.5 Å². The Balaban J connectivity index is 4.69. The number of alkyl halides is 4. The van der Waals surface area contributed by atoms with Crippen LogP contribution in [0.25, 0.3) is 0 Å². The Morgan fingerprint density at radius 3 is 1.93 bits per heavy atom. The molecule has 0 aromatic heterocycles. The van der Waals surface area contributed by atoms with Gasteiger partial charge in [-0.3, -0.25) is 0 Å². The van der Waals surface area contributed by atoms with Crippen LogP contribution >= 0.6 is 0 Å². The molecular weight excluding hydrogens is 208 g/mol. The molecule has 0 unspecified atom stereocenters. The summed E-state index contributed by atoms with van der Waals surface area (Å²) >= 11 is 0. The second-order valence-electron chi connectivity index (χ2n) is 2.75. The molecule has 0 aliphatic carbocycles. The first kappa shape index (κ1) is 13.2. The van der Waals surface area contributed by atoms with E-state index in [-0.39, 0.29) is 0 Å². The van der Waals surface area contributed by atoms with Crippen molar-refractivity contribution in [1.82, 2.24) is 0 Å². The van der Waals surface area contributed by atoms with E-state index in [2.05, 4.69) is 9.47 Å². The third kappa shape index (κ3) is 2.57. The van der Waals surface area contributed by atoms with Gasteiger partial charge in [0, 0.05) is 7.11 Å². The van der Waals surface area contributed by atoms with E-state index in [9.17, 15) is 22.4 Å². The van der Waals surface area contributed by atoms with Gasteiger partial charge in [0.05, 0.1) is 6.10 Å². The summed E-state index contributed by atoms with van der Waals surface area (Å²) in [6, 6.07) is 0. The lowest BCUT2D eigenvalue weighted by molar-refractivity contribution is -0.330. The van der Waals surface area contributed by atoms with Gasteiger partial charge in [-0.05, 0) is 13.8 Å². The fourth-order valence-electron chi connectivity index (χ4n) is 0.535. The summed E-state index contributed by atoms with van der Waals surface area (Å²) in [5, 5.41) is 0. The van der Waals surface area contributed by atoms with Crippen molar-refractivity contribution in [3.05, 3.63) is 0 Å². The molecule has 0 atom stereocenters. The van der Waals surface area contributed by atoms with Gasteiger partial charge in [-0.25, -0.2) is 4.79 Å². The minimum atomic E-state index is -4.98. The lowest BCUT2D eigenvalue weighted by atomic mass is 10.3. The molecule has 0 aliphatic rings. The molecule has 7 heteroatoms. The van der Waals surface area contributed by atoms with E-state index in [1.54, 1.807) is 0 Å². The molecule has 0 amide bonds. The largest absolute Gasteiger partial charge is 0.458 e. The molecule has 84 valence electrons. The Hall–Kier alpha value is -0.850. The highest BCUT2D eigenvalue weighted by molar-refractivity contribution is 5.78. The SMILES string of the molecule is COC(F)(F)C(F)(F)C(=O)OC(C)C. The van der Waals surface area contributed by atoms with Crippen LogP contribution in [0.3, 0.4) is 0 Å². The fourth-order valence-corrected chi connectivity index (χ4v) is 0.535. The Labute approximate surface area is 78.0 Å². The van der Waals surface area contributed by atoms with Crippen molar-refractivity contribution in [2.24, 2.45) is 0 Å². The van der Waals surface area contributed by atoms with E-state index in [0.717, 1.165) is 0 Å². The number of methoxy groups -OCH3 is 1. The predicted molar refractivity (Wildman–Crippen MR) is 38.1 cm³/mol. The maximum atomic E-state index is 12.6. The lowest BCUT2D eigenvalue weighted by Crippen LogP contribution is -2.49. The second kappa shape index (κ2) is 4.12. The van der Waals surface area contributed by atoms with Gasteiger partial charge in [-0.1, -0.05) is 0 Å². The number of rotatable bonds is 4. The van der Waals surface area contributed by atoms with E-state index >= 15 is 0 Å². The highest BCUT2D eigenvalue weighted by Crippen LogP contribution is 2.35. The molecule has 0 aromatic rings. The Morgan fingerprint density at radius 1 is 1.21 bits per heavy atom. The van der Waals surface area contributed by atoms with Gasteiger partial charge in [-0.15, -0.1) is 0 Å². The number of halogens is 4. The van der Waals surface area contributed by atoms with Gasteiger partial charge in [-0.2, -0.15) is 17.6 Å². The maximum Gasteiger partial charge on any atom is 0.431 e. The Bertz CT molecular complexity index is 215. The highest BCUT2D eigenvalue weighted by Gasteiger charge is 2.64. The molecule has 0 heterocycles. The first-order valence-corrected chi connectivity index (χ1v) is 3.67. The molecule has 0 rings (SSSR count). The summed E-state index contributed by atoms with van der Waals surface area (Å²) in [5.41, 5.74) is 0. The van der Waals surface area contributed by atoms with Crippen molar-refractivity contribution in [3.63, 3.8) is 0 Å². The molecule has 0 spiro atoms. The van der Waals surface area contributed by atoms with Crippen LogP contribution in [0.2, 0.25) is 0 Å². The lowest BCUT2D eigenvalue weighted by Gasteiger charge is -2.23. The Kier molecular flexibility index (Phi) is 3.87. The van der Waals surface area contributed by atoms with Crippen molar-refractivity contribution in [3.8, 4) is 0 Å². The standard InChI is InChI=1S/C7H10F4O3/c1-4(2)14-5(12)6(8,9)7(10,11)13-3/h4H,1-3H3. The molecule has 0 fully saturated rings. The molecule has 0 bridgehead atoms. The highest BCUT2D eigenvalue weighted by atomic mass is 19.3. The van der Waals surface area contributed by atoms with Crippen molar-refractivity contribution in [2.45, 2.75) is 32.0 Å². The summed E-state index contributed by atoms with van der Waals surface area (Å²) < 4.78 is 57.1. The van der Waals surface area contributed by atoms with Crippen LogP contribution in [0.5, 0.6) is 0 Å². The first-order valence-electron chi connectivity index (χ1n) is 3.67. The molecular formula is C7H10F4O3. The van der Waals surface area contributed by atoms with Crippen LogP contribution in [-0.4, -0.2) is 31.2 Å². The number of ether oxygens (including phenoxy) is 2. The normalized spacial score (nSPS) is 13.1. The van der Waals surface area contributed by atoms with Crippen LogP contribution in [0.1, 0.15) is 13.8 Å². The van der Waals surface area contributed by atoms with Crippen molar-refractivity contribution in [2.75, 3.05) is 7.11 Å². The predicted octanol–water partition coefficient (Wildman–Crippen LogP) is 1.81. The minimum Gasteiger partial charge on any atom is -0.458 e. The van der Waals surface area contributed by atoms with E-state index in [0.29, 0.717) is 7.11 Å². The minimum absolute atomic E-state index is 0.372. The third-order valence-electron chi connectivity index (χ3n) is 1.22. The average Bonchev–Trinajstić information content (AvgIpc) is 2.02. The molecule has 0 aliphatic heterocycles. The summed E-state index contributed by atoms with van der Waals surface area (Å²) in [7, 11) is 0.372. The summed E-state index contributed by atoms with van der Waals surface area (Å²) in [6.45, 7) is 2.53. The van der Waals surface area contributed by atoms with Crippen LogP contribution in [0.15, 0.2) is 0 Å². The van der Waals surface area contributed by atoms with Gasteiger partial charge in [0.25, 0.3) is 0 Å². The molecule has 14 heavy (non-hydrogen) atoms. The Morgan fingerprint density at radius 2 is 1.64 bits per heavy atom. The molecule has 0 radical (unpaired) electrons. The maximum absolute atomic E-state index is 12.6. The van der Waals surface area contributed by atoms with E-state index < -0.39 is 24.1 Å². The number of hydrogen-bond donors (Lipinski definition) is 0. The summed E-state index contributed by atoms with van der Waals surface area (Å²) in [5.74, 6) is -7.29. The quantitative estimate of drug-likeness (QED) is 0.533.